The van der Waals surface area contributed by atoms with E-state index in [1.165, 1.54) is 18.4 Å². The van der Waals surface area contributed by atoms with E-state index in [2.05, 4.69) is 38.2 Å². The smallest absolute Gasteiger partial charge is 0.123 e. The summed E-state index contributed by atoms with van der Waals surface area (Å²) in [6.45, 7) is 8.00. The molecule has 0 amide bonds. The fourth-order valence-electron chi connectivity index (χ4n) is 2.61. The molecule has 1 N–H and O–H groups in total. The predicted molar refractivity (Wildman–Crippen MR) is 75.9 cm³/mol. The minimum Gasteiger partial charge on any atom is -0.496 e. The molecule has 0 heterocycles. The Kier molecular flexibility index (Phi) is 3.96. The van der Waals surface area contributed by atoms with Crippen molar-refractivity contribution < 1.29 is 4.74 Å². The highest BCUT2D eigenvalue weighted by molar-refractivity contribution is 5.35. The van der Waals surface area contributed by atoms with Gasteiger partial charge in [-0.2, -0.15) is 0 Å². The summed E-state index contributed by atoms with van der Waals surface area (Å²) in [6, 6.07) is 8.61. The van der Waals surface area contributed by atoms with Crippen molar-refractivity contribution in [3.05, 3.63) is 29.8 Å². The molecule has 0 radical (unpaired) electrons. The summed E-state index contributed by atoms with van der Waals surface area (Å²) in [6.07, 6.45) is 2.74. The number of hydrogen-bond donors (Lipinski definition) is 1. The van der Waals surface area contributed by atoms with Crippen molar-refractivity contribution in [2.75, 3.05) is 13.7 Å². The minimum absolute atomic E-state index is 0.345. The van der Waals surface area contributed by atoms with E-state index in [0.29, 0.717) is 11.5 Å². The third-order valence-corrected chi connectivity index (χ3v) is 4.48. The molecule has 2 nitrogen and oxygen atoms in total. The van der Waals surface area contributed by atoms with Crippen molar-refractivity contribution >= 4 is 0 Å². The van der Waals surface area contributed by atoms with Crippen LogP contribution in [0, 0.1) is 11.3 Å². The molecule has 1 aromatic carbocycles. The SMILES string of the molecule is COc1ccccc1C(C)NCC1(C(C)C)CC1. The zero-order valence-electron chi connectivity index (χ0n) is 12.0. The Hall–Kier alpha value is -1.02. The van der Waals surface area contributed by atoms with E-state index in [1.54, 1.807) is 7.11 Å². The third kappa shape index (κ3) is 2.69. The van der Waals surface area contributed by atoms with Crippen LogP contribution in [-0.2, 0) is 0 Å². The Balaban J connectivity index is 1.98. The summed E-state index contributed by atoms with van der Waals surface area (Å²) < 4.78 is 5.42. The van der Waals surface area contributed by atoms with Crippen LogP contribution in [0.3, 0.4) is 0 Å². The topological polar surface area (TPSA) is 21.3 Å². The Morgan fingerprint density at radius 3 is 2.44 bits per heavy atom. The predicted octanol–water partition coefficient (Wildman–Crippen LogP) is 3.78. The monoisotopic (exact) mass is 247 g/mol. The number of rotatable bonds is 6. The average Bonchev–Trinajstić information content (AvgIpc) is 3.17. The molecule has 0 saturated heterocycles. The maximum absolute atomic E-state index is 5.42. The van der Waals surface area contributed by atoms with Gasteiger partial charge in [0, 0.05) is 18.2 Å². The number of hydrogen-bond acceptors (Lipinski definition) is 2. The first-order chi connectivity index (χ1) is 8.59. The lowest BCUT2D eigenvalue weighted by atomic mass is 9.92. The summed E-state index contributed by atoms with van der Waals surface area (Å²) in [5, 5.41) is 3.68. The van der Waals surface area contributed by atoms with Crippen molar-refractivity contribution in [2.24, 2.45) is 11.3 Å². The highest BCUT2D eigenvalue weighted by atomic mass is 16.5. The molecule has 1 saturated carbocycles. The number of nitrogens with one attached hydrogen (secondary N) is 1. The van der Waals surface area contributed by atoms with Gasteiger partial charge in [0.15, 0.2) is 0 Å². The molecule has 1 unspecified atom stereocenters. The van der Waals surface area contributed by atoms with Crippen LogP contribution in [0.25, 0.3) is 0 Å². The van der Waals surface area contributed by atoms with Gasteiger partial charge in [0.05, 0.1) is 7.11 Å². The van der Waals surface area contributed by atoms with Crippen LogP contribution < -0.4 is 10.1 Å². The van der Waals surface area contributed by atoms with Crippen LogP contribution in [-0.4, -0.2) is 13.7 Å². The van der Waals surface area contributed by atoms with Gasteiger partial charge in [0.2, 0.25) is 0 Å². The lowest BCUT2D eigenvalue weighted by Crippen LogP contribution is -2.29. The molecule has 18 heavy (non-hydrogen) atoms. The molecular formula is C16H25NO. The maximum atomic E-state index is 5.42. The number of benzene rings is 1. The molecular weight excluding hydrogens is 222 g/mol. The quantitative estimate of drug-likeness (QED) is 0.826. The first-order valence-corrected chi connectivity index (χ1v) is 6.95. The molecule has 0 spiro atoms. The molecule has 1 atom stereocenters. The molecule has 1 aliphatic carbocycles. The fraction of sp³-hybridized carbons (Fsp3) is 0.625. The lowest BCUT2D eigenvalue weighted by Gasteiger charge is -2.24. The van der Waals surface area contributed by atoms with Gasteiger partial charge < -0.3 is 10.1 Å². The van der Waals surface area contributed by atoms with Gasteiger partial charge in [-0.3, -0.25) is 0 Å². The Labute approximate surface area is 111 Å². The van der Waals surface area contributed by atoms with Crippen LogP contribution in [0.2, 0.25) is 0 Å². The molecule has 0 aliphatic heterocycles. The van der Waals surface area contributed by atoms with E-state index < -0.39 is 0 Å². The van der Waals surface area contributed by atoms with Crippen LogP contribution in [0.1, 0.15) is 45.2 Å². The minimum atomic E-state index is 0.345. The van der Waals surface area contributed by atoms with E-state index in [0.717, 1.165) is 18.2 Å². The van der Waals surface area contributed by atoms with Gasteiger partial charge in [0.1, 0.15) is 5.75 Å². The van der Waals surface area contributed by atoms with Gasteiger partial charge in [-0.15, -0.1) is 0 Å². The molecule has 0 aromatic heterocycles. The number of ether oxygens (including phenoxy) is 1. The summed E-state index contributed by atoms with van der Waals surface area (Å²) in [5.41, 5.74) is 1.80. The summed E-state index contributed by atoms with van der Waals surface area (Å²) in [4.78, 5) is 0. The van der Waals surface area contributed by atoms with Crippen molar-refractivity contribution in [1.29, 1.82) is 0 Å². The molecule has 1 aliphatic rings. The largest absolute Gasteiger partial charge is 0.496 e. The third-order valence-electron chi connectivity index (χ3n) is 4.48. The van der Waals surface area contributed by atoms with Gasteiger partial charge in [-0.05, 0) is 37.2 Å². The number of methoxy groups -OCH3 is 1. The first-order valence-electron chi connectivity index (χ1n) is 6.95. The summed E-state index contributed by atoms with van der Waals surface area (Å²) in [5.74, 6) is 1.75. The van der Waals surface area contributed by atoms with E-state index in [4.69, 9.17) is 4.74 Å². The Morgan fingerprint density at radius 2 is 1.89 bits per heavy atom. The summed E-state index contributed by atoms with van der Waals surface area (Å²) in [7, 11) is 1.74. The molecule has 2 heteroatoms. The summed E-state index contributed by atoms with van der Waals surface area (Å²) >= 11 is 0. The number of para-hydroxylation sites is 1. The maximum Gasteiger partial charge on any atom is 0.123 e. The van der Waals surface area contributed by atoms with Gasteiger partial charge in [0.25, 0.3) is 0 Å². The van der Waals surface area contributed by atoms with Gasteiger partial charge in [-0.1, -0.05) is 32.0 Å². The van der Waals surface area contributed by atoms with E-state index in [1.807, 2.05) is 12.1 Å². The lowest BCUT2D eigenvalue weighted by molar-refractivity contribution is 0.322. The second kappa shape index (κ2) is 5.31. The standard InChI is InChI=1S/C16H25NO/c1-12(2)16(9-10-16)11-17-13(3)14-7-5-6-8-15(14)18-4/h5-8,12-13,17H,9-11H2,1-4H3. The second-order valence-electron chi connectivity index (χ2n) is 5.86. The van der Waals surface area contributed by atoms with Crippen LogP contribution in [0.15, 0.2) is 24.3 Å². The molecule has 100 valence electrons. The Bertz CT molecular complexity index is 396. The van der Waals surface area contributed by atoms with Crippen LogP contribution >= 0.6 is 0 Å². The zero-order chi connectivity index (χ0) is 13.2. The van der Waals surface area contributed by atoms with Crippen LogP contribution in [0.5, 0.6) is 5.75 Å². The van der Waals surface area contributed by atoms with Gasteiger partial charge >= 0.3 is 0 Å². The van der Waals surface area contributed by atoms with E-state index in [9.17, 15) is 0 Å². The molecule has 1 aromatic rings. The Morgan fingerprint density at radius 1 is 1.22 bits per heavy atom. The van der Waals surface area contributed by atoms with Crippen molar-refractivity contribution in [1.82, 2.24) is 5.32 Å². The molecule has 0 bridgehead atoms. The van der Waals surface area contributed by atoms with Gasteiger partial charge in [-0.25, -0.2) is 0 Å². The van der Waals surface area contributed by atoms with Crippen LogP contribution in [0.4, 0.5) is 0 Å². The van der Waals surface area contributed by atoms with E-state index in [-0.39, 0.29) is 0 Å². The highest BCUT2D eigenvalue weighted by Gasteiger charge is 2.44. The highest BCUT2D eigenvalue weighted by Crippen LogP contribution is 2.51. The zero-order valence-corrected chi connectivity index (χ0v) is 12.0. The van der Waals surface area contributed by atoms with E-state index >= 15 is 0 Å². The molecule has 1 fully saturated rings. The van der Waals surface area contributed by atoms with Crippen molar-refractivity contribution in [3.63, 3.8) is 0 Å². The normalized spacial score (nSPS) is 18.7. The second-order valence-corrected chi connectivity index (χ2v) is 5.86. The average molecular weight is 247 g/mol. The van der Waals surface area contributed by atoms with Crippen molar-refractivity contribution in [3.8, 4) is 5.75 Å². The van der Waals surface area contributed by atoms with Crippen molar-refractivity contribution in [2.45, 2.75) is 39.7 Å². The fourth-order valence-corrected chi connectivity index (χ4v) is 2.61. The first kappa shape index (κ1) is 13.4. The molecule has 2 rings (SSSR count).